The first-order valence-corrected chi connectivity index (χ1v) is 5.80. The van der Waals surface area contributed by atoms with Crippen LogP contribution in [-0.2, 0) is 9.53 Å². The van der Waals surface area contributed by atoms with Gasteiger partial charge in [-0.15, -0.1) is 0 Å². The van der Waals surface area contributed by atoms with Gasteiger partial charge >= 0.3 is 0 Å². The number of nitrogens with one attached hydrogen (secondary N) is 1. The molecule has 5 heteroatoms. The van der Waals surface area contributed by atoms with Crippen molar-refractivity contribution in [1.82, 2.24) is 10.2 Å². The summed E-state index contributed by atoms with van der Waals surface area (Å²) >= 11 is 0. The lowest BCUT2D eigenvalue weighted by atomic mass is 9.94. The first-order valence-electron chi connectivity index (χ1n) is 5.80. The topological polar surface area (TPSA) is 67.6 Å². The SMILES string of the molecule is COC(CN)C(=O)NC1CCN(C)CC1C. The summed E-state index contributed by atoms with van der Waals surface area (Å²) in [5.74, 6) is 0.379. The smallest absolute Gasteiger partial charge is 0.250 e. The lowest BCUT2D eigenvalue weighted by Gasteiger charge is -2.35. The van der Waals surface area contributed by atoms with Gasteiger partial charge in [0.15, 0.2) is 0 Å². The summed E-state index contributed by atoms with van der Waals surface area (Å²) in [7, 11) is 3.61. The Hall–Kier alpha value is -0.650. The minimum atomic E-state index is -0.521. The maximum absolute atomic E-state index is 11.8. The molecule has 0 aliphatic carbocycles. The van der Waals surface area contributed by atoms with E-state index in [2.05, 4.69) is 24.2 Å². The molecular weight excluding hydrogens is 206 g/mol. The van der Waals surface area contributed by atoms with E-state index in [1.165, 1.54) is 7.11 Å². The van der Waals surface area contributed by atoms with Gasteiger partial charge in [0.2, 0.25) is 0 Å². The molecule has 0 bridgehead atoms. The minimum Gasteiger partial charge on any atom is -0.370 e. The van der Waals surface area contributed by atoms with Gasteiger partial charge in [0.1, 0.15) is 6.10 Å². The molecule has 0 aromatic heterocycles. The van der Waals surface area contributed by atoms with Crippen LogP contribution in [0.3, 0.4) is 0 Å². The van der Waals surface area contributed by atoms with Crippen LogP contribution in [0.5, 0.6) is 0 Å². The zero-order valence-electron chi connectivity index (χ0n) is 10.4. The van der Waals surface area contributed by atoms with Crippen LogP contribution in [-0.4, -0.2) is 56.7 Å². The third-order valence-electron chi connectivity index (χ3n) is 3.23. The Bertz CT molecular complexity index is 231. The molecule has 3 N–H and O–H groups in total. The molecule has 0 aromatic carbocycles. The number of carbonyl (C=O) groups excluding carboxylic acids is 1. The predicted octanol–water partition coefficient (Wildman–Crippen LogP) is -0.583. The summed E-state index contributed by atoms with van der Waals surface area (Å²) in [6.45, 7) is 4.43. The van der Waals surface area contributed by atoms with E-state index in [-0.39, 0.29) is 18.5 Å². The first-order chi connectivity index (χ1) is 7.58. The molecule has 1 aliphatic rings. The summed E-state index contributed by atoms with van der Waals surface area (Å²) in [4.78, 5) is 14.1. The largest absolute Gasteiger partial charge is 0.370 e. The maximum atomic E-state index is 11.8. The number of methoxy groups -OCH3 is 1. The lowest BCUT2D eigenvalue weighted by molar-refractivity contribution is -0.131. The van der Waals surface area contributed by atoms with Crippen molar-refractivity contribution in [2.75, 3.05) is 33.8 Å². The van der Waals surface area contributed by atoms with Crippen LogP contribution in [0, 0.1) is 5.92 Å². The average Bonchev–Trinajstić information content (AvgIpc) is 2.24. The number of hydrogen-bond donors (Lipinski definition) is 2. The highest BCUT2D eigenvalue weighted by Crippen LogP contribution is 2.15. The van der Waals surface area contributed by atoms with Crippen LogP contribution < -0.4 is 11.1 Å². The average molecular weight is 229 g/mol. The molecule has 3 unspecified atom stereocenters. The summed E-state index contributed by atoms with van der Waals surface area (Å²) in [5, 5.41) is 3.02. The molecule has 1 amide bonds. The Morgan fingerprint density at radius 1 is 1.69 bits per heavy atom. The Morgan fingerprint density at radius 2 is 2.38 bits per heavy atom. The van der Waals surface area contributed by atoms with Crippen molar-refractivity contribution >= 4 is 5.91 Å². The minimum absolute atomic E-state index is 0.0913. The number of rotatable bonds is 4. The van der Waals surface area contributed by atoms with E-state index < -0.39 is 6.10 Å². The number of carbonyl (C=O) groups is 1. The van der Waals surface area contributed by atoms with Crippen molar-refractivity contribution in [3.63, 3.8) is 0 Å². The molecule has 3 atom stereocenters. The molecule has 1 saturated heterocycles. The second kappa shape index (κ2) is 6.18. The molecule has 1 rings (SSSR count). The van der Waals surface area contributed by atoms with Gasteiger partial charge in [-0.1, -0.05) is 6.92 Å². The van der Waals surface area contributed by atoms with E-state index in [4.69, 9.17) is 10.5 Å². The van der Waals surface area contributed by atoms with Crippen molar-refractivity contribution in [3.05, 3.63) is 0 Å². The Labute approximate surface area is 97.3 Å². The molecule has 0 saturated carbocycles. The van der Waals surface area contributed by atoms with Crippen molar-refractivity contribution < 1.29 is 9.53 Å². The van der Waals surface area contributed by atoms with Crippen molar-refractivity contribution in [2.45, 2.75) is 25.5 Å². The van der Waals surface area contributed by atoms with Crippen LogP contribution in [0.2, 0.25) is 0 Å². The van der Waals surface area contributed by atoms with Crippen LogP contribution in [0.1, 0.15) is 13.3 Å². The third-order valence-corrected chi connectivity index (χ3v) is 3.23. The normalized spacial score (nSPS) is 28.8. The number of amides is 1. The number of ether oxygens (including phenoxy) is 1. The van der Waals surface area contributed by atoms with Crippen LogP contribution >= 0.6 is 0 Å². The second-order valence-electron chi connectivity index (χ2n) is 4.60. The Kier molecular flexibility index (Phi) is 5.18. The summed E-state index contributed by atoms with van der Waals surface area (Å²) in [6.07, 6.45) is 0.469. The van der Waals surface area contributed by atoms with Gasteiger partial charge in [-0.25, -0.2) is 0 Å². The van der Waals surface area contributed by atoms with Gasteiger partial charge in [0, 0.05) is 26.2 Å². The van der Waals surface area contributed by atoms with Gasteiger partial charge in [0.25, 0.3) is 5.91 Å². The molecule has 0 radical (unpaired) electrons. The van der Waals surface area contributed by atoms with E-state index in [9.17, 15) is 4.79 Å². The van der Waals surface area contributed by atoms with Gasteiger partial charge < -0.3 is 20.7 Å². The van der Waals surface area contributed by atoms with Crippen LogP contribution in [0.4, 0.5) is 0 Å². The van der Waals surface area contributed by atoms with Crippen LogP contribution in [0.25, 0.3) is 0 Å². The van der Waals surface area contributed by atoms with Gasteiger partial charge in [-0.2, -0.15) is 0 Å². The second-order valence-corrected chi connectivity index (χ2v) is 4.60. The molecule has 0 aromatic rings. The summed E-state index contributed by atoms with van der Waals surface area (Å²) in [5.41, 5.74) is 5.45. The van der Waals surface area contributed by atoms with Crippen molar-refractivity contribution in [2.24, 2.45) is 11.7 Å². The molecule has 1 heterocycles. The fraction of sp³-hybridized carbons (Fsp3) is 0.909. The Balaban J connectivity index is 2.44. The molecule has 1 fully saturated rings. The van der Waals surface area contributed by atoms with Gasteiger partial charge in [0.05, 0.1) is 0 Å². The van der Waals surface area contributed by atoms with E-state index in [1.807, 2.05) is 0 Å². The highest BCUT2D eigenvalue weighted by atomic mass is 16.5. The highest BCUT2D eigenvalue weighted by Gasteiger charge is 2.27. The molecule has 1 aliphatic heterocycles. The zero-order valence-corrected chi connectivity index (χ0v) is 10.4. The van der Waals surface area contributed by atoms with E-state index in [1.54, 1.807) is 0 Å². The van der Waals surface area contributed by atoms with Crippen molar-refractivity contribution in [3.8, 4) is 0 Å². The highest BCUT2D eigenvalue weighted by molar-refractivity contribution is 5.81. The number of hydrogen-bond acceptors (Lipinski definition) is 4. The maximum Gasteiger partial charge on any atom is 0.250 e. The standard InChI is InChI=1S/C11H23N3O2/c1-8-7-14(2)5-4-9(8)13-11(15)10(6-12)16-3/h8-10H,4-7,12H2,1-3H3,(H,13,15). The molecular formula is C11H23N3O2. The molecule has 16 heavy (non-hydrogen) atoms. The fourth-order valence-corrected chi connectivity index (χ4v) is 2.15. The first kappa shape index (κ1) is 13.4. The fourth-order valence-electron chi connectivity index (χ4n) is 2.15. The Morgan fingerprint density at radius 3 is 2.88 bits per heavy atom. The lowest BCUT2D eigenvalue weighted by Crippen LogP contribution is -2.52. The summed E-state index contributed by atoms with van der Waals surface area (Å²) in [6, 6.07) is 0.243. The van der Waals surface area contributed by atoms with E-state index in [0.717, 1.165) is 19.5 Å². The van der Waals surface area contributed by atoms with Gasteiger partial charge in [-0.3, -0.25) is 4.79 Å². The molecule has 94 valence electrons. The number of piperidine rings is 1. The monoisotopic (exact) mass is 229 g/mol. The van der Waals surface area contributed by atoms with E-state index >= 15 is 0 Å². The van der Waals surface area contributed by atoms with Crippen LogP contribution in [0.15, 0.2) is 0 Å². The van der Waals surface area contributed by atoms with Gasteiger partial charge in [-0.05, 0) is 25.9 Å². The van der Waals surface area contributed by atoms with E-state index in [0.29, 0.717) is 5.92 Å². The number of nitrogens with two attached hydrogens (primary N) is 1. The number of likely N-dealkylation sites (tertiary alicyclic amines) is 1. The molecule has 5 nitrogen and oxygen atoms in total. The predicted molar refractivity (Wildman–Crippen MR) is 63.1 cm³/mol. The zero-order chi connectivity index (χ0) is 12.1. The number of nitrogens with zero attached hydrogens (tertiary/aromatic N) is 1. The van der Waals surface area contributed by atoms with Crippen molar-refractivity contribution in [1.29, 1.82) is 0 Å². The quantitative estimate of drug-likeness (QED) is 0.676. The summed E-state index contributed by atoms with van der Waals surface area (Å²) < 4.78 is 5.01. The molecule has 0 spiro atoms. The third kappa shape index (κ3) is 3.43.